The highest BCUT2D eigenvalue weighted by Crippen LogP contribution is 2.35. The monoisotopic (exact) mass is 384 g/mol. The zero-order chi connectivity index (χ0) is 20.3. The number of aryl methyl sites for hydroxylation is 1. The maximum absolute atomic E-state index is 13.7. The Labute approximate surface area is 162 Å². The van der Waals surface area contributed by atoms with Crippen LogP contribution in [0.15, 0.2) is 48.2 Å². The lowest BCUT2D eigenvalue weighted by molar-refractivity contribution is -0.121. The second-order valence-electron chi connectivity index (χ2n) is 6.46. The van der Waals surface area contributed by atoms with Crippen molar-refractivity contribution in [2.45, 2.75) is 19.3 Å². The van der Waals surface area contributed by atoms with E-state index in [1.54, 1.807) is 24.3 Å². The Hall–Kier alpha value is -3.35. The van der Waals surface area contributed by atoms with Crippen LogP contribution in [-0.2, 0) is 9.59 Å². The molecule has 0 fully saturated rings. The molecule has 0 saturated carbocycles. The summed E-state index contributed by atoms with van der Waals surface area (Å²) >= 11 is 0. The summed E-state index contributed by atoms with van der Waals surface area (Å²) in [4.78, 5) is 24.8. The number of ether oxygens (including phenoxy) is 2. The number of amides is 2. The van der Waals surface area contributed by atoms with Gasteiger partial charge in [0.15, 0.2) is 11.5 Å². The highest BCUT2D eigenvalue weighted by atomic mass is 19.1. The molecule has 0 aliphatic carbocycles. The van der Waals surface area contributed by atoms with Crippen molar-refractivity contribution in [2.75, 3.05) is 19.5 Å². The molecule has 2 amide bonds. The number of carbonyl (C=O) groups excluding carboxylic acids is 2. The lowest BCUT2D eigenvalue weighted by Gasteiger charge is -2.24. The smallest absolute Gasteiger partial charge is 0.253 e. The van der Waals surface area contributed by atoms with Crippen LogP contribution in [0.25, 0.3) is 0 Å². The van der Waals surface area contributed by atoms with Gasteiger partial charge in [0.2, 0.25) is 5.91 Å². The van der Waals surface area contributed by atoms with E-state index in [0.717, 1.165) is 5.56 Å². The zero-order valence-corrected chi connectivity index (χ0v) is 15.8. The molecule has 2 aromatic carbocycles. The summed E-state index contributed by atoms with van der Waals surface area (Å²) in [5.74, 6) is -0.530. The van der Waals surface area contributed by atoms with Gasteiger partial charge in [-0.1, -0.05) is 12.1 Å². The van der Waals surface area contributed by atoms with Gasteiger partial charge in [0.25, 0.3) is 5.91 Å². The maximum Gasteiger partial charge on any atom is 0.253 e. The number of rotatable bonds is 5. The minimum absolute atomic E-state index is 0.0631. The van der Waals surface area contributed by atoms with Gasteiger partial charge in [-0.25, -0.2) is 4.39 Å². The third-order valence-corrected chi connectivity index (χ3v) is 4.65. The number of hydrogen-bond donors (Lipinski definition) is 2. The van der Waals surface area contributed by atoms with Gasteiger partial charge in [-0.3, -0.25) is 9.59 Å². The highest BCUT2D eigenvalue weighted by Gasteiger charge is 2.29. The molecule has 0 saturated heterocycles. The van der Waals surface area contributed by atoms with Crippen molar-refractivity contribution < 1.29 is 23.5 Å². The van der Waals surface area contributed by atoms with Crippen LogP contribution in [-0.4, -0.2) is 26.0 Å². The number of hydrogen-bond acceptors (Lipinski definition) is 4. The number of carbonyl (C=O) groups is 2. The largest absolute Gasteiger partial charge is 0.493 e. The summed E-state index contributed by atoms with van der Waals surface area (Å²) in [5, 5.41) is 5.42. The fourth-order valence-corrected chi connectivity index (χ4v) is 3.17. The molecule has 1 aliphatic rings. The molecule has 0 aromatic heterocycles. The Morgan fingerprint density at radius 1 is 1.18 bits per heavy atom. The first-order valence-electron chi connectivity index (χ1n) is 8.71. The fraction of sp³-hybridized carbons (Fsp3) is 0.238. The van der Waals surface area contributed by atoms with Crippen LogP contribution in [0.2, 0.25) is 0 Å². The van der Waals surface area contributed by atoms with E-state index in [1.165, 1.54) is 32.6 Å². The molecule has 28 heavy (non-hydrogen) atoms. The first-order valence-corrected chi connectivity index (χ1v) is 8.71. The number of benzene rings is 2. The van der Waals surface area contributed by atoms with E-state index >= 15 is 0 Å². The Kier molecular flexibility index (Phi) is 5.63. The average Bonchev–Trinajstić information content (AvgIpc) is 2.69. The van der Waals surface area contributed by atoms with Crippen LogP contribution in [0.3, 0.4) is 0 Å². The number of methoxy groups -OCH3 is 2. The quantitative estimate of drug-likeness (QED) is 0.830. The Morgan fingerprint density at radius 2 is 1.89 bits per heavy atom. The molecule has 0 unspecified atom stereocenters. The van der Waals surface area contributed by atoms with E-state index in [-0.39, 0.29) is 18.2 Å². The van der Waals surface area contributed by atoms with Crippen LogP contribution in [0.1, 0.15) is 23.5 Å². The first kappa shape index (κ1) is 19.4. The van der Waals surface area contributed by atoms with Crippen molar-refractivity contribution in [3.8, 4) is 11.5 Å². The Bertz CT molecular complexity index is 955. The van der Waals surface area contributed by atoms with Crippen LogP contribution in [0.5, 0.6) is 11.5 Å². The topological polar surface area (TPSA) is 76.7 Å². The second-order valence-corrected chi connectivity index (χ2v) is 6.46. The maximum atomic E-state index is 13.7. The van der Waals surface area contributed by atoms with Gasteiger partial charge in [0.1, 0.15) is 5.82 Å². The molecule has 2 N–H and O–H groups in total. The molecule has 6 nitrogen and oxygen atoms in total. The van der Waals surface area contributed by atoms with Gasteiger partial charge in [-0.15, -0.1) is 0 Å². The van der Waals surface area contributed by atoms with Crippen molar-refractivity contribution in [3.05, 3.63) is 65.1 Å². The van der Waals surface area contributed by atoms with Crippen LogP contribution < -0.4 is 20.1 Å². The lowest BCUT2D eigenvalue weighted by atomic mass is 9.86. The minimum Gasteiger partial charge on any atom is -0.493 e. The van der Waals surface area contributed by atoms with Crippen molar-refractivity contribution >= 4 is 17.5 Å². The fourth-order valence-electron chi connectivity index (χ4n) is 3.17. The van der Waals surface area contributed by atoms with Gasteiger partial charge in [0, 0.05) is 35.9 Å². The number of nitrogens with one attached hydrogen (secondary N) is 2. The minimum atomic E-state index is -0.537. The second kappa shape index (κ2) is 8.12. The van der Waals surface area contributed by atoms with Crippen molar-refractivity contribution in [2.24, 2.45) is 0 Å². The Morgan fingerprint density at radius 3 is 2.57 bits per heavy atom. The van der Waals surface area contributed by atoms with Crippen molar-refractivity contribution in [1.29, 1.82) is 0 Å². The lowest BCUT2D eigenvalue weighted by Crippen LogP contribution is -2.32. The summed E-state index contributed by atoms with van der Waals surface area (Å²) < 4.78 is 24.2. The molecule has 146 valence electrons. The molecule has 0 radical (unpaired) electrons. The normalized spacial score (nSPS) is 16.1. The molecular formula is C21H21FN2O4. The van der Waals surface area contributed by atoms with Gasteiger partial charge in [0.05, 0.1) is 14.2 Å². The summed E-state index contributed by atoms with van der Waals surface area (Å²) in [7, 11) is 3.05. The molecule has 1 atom stereocenters. The van der Waals surface area contributed by atoms with Crippen LogP contribution in [0.4, 0.5) is 10.1 Å². The van der Waals surface area contributed by atoms with Crippen LogP contribution in [0, 0.1) is 12.7 Å². The molecule has 0 spiro atoms. The summed E-state index contributed by atoms with van der Waals surface area (Å²) in [6.45, 7) is 1.83. The van der Waals surface area contributed by atoms with Crippen molar-refractivity contribution in [3.63, 3.8) is 0 Å². The van der Waals surface area contributed by atoms with E-state index in [9.17, 15) is 14.0 Å². The SMILES string of the molecule is COc1cc(C)c(NC(=O)C2=CNC(=O)C[C@H]2c2cccc(F)c2)cc1OC. The van der Waals surface area contributed by atoms with Crippen LogP contribution >= 0.6 is 0 Å². The first-order chi connectivity index (χ1) is 13.4. The molecule has 0 bridgehead atoms. The van der Waals surface area contributed by atoms with E-state index < -0.39 is 11.7 Å². The van der Waals surface area contributed by atoms with Gasteiger partial charge < -0.3 is 20.1 Å². The van der Waals surface area contributed by atoms with E-state index in [0.29, 0.717) is 28.3 Å². The molecule has 3 rings (SSSR count). The standard InChI is InChI=1S/C21H21FN2O4/c1-12-7-18(27-2)19(28-3)10-17(12)24-21(26)16-11-23-20(25)9-15(16)13-5-4-6-14(22)8-13/h4-8,10-11,15H,9H2,1-3H3,(H,23,25)(H,24,26)/t15-/m0/s1. The number of anilines is 1. The highest BCUT2D eigenvalue weighted by molar-refractivity contribution is 6.06. The Balaban J connectivity index is 1.91. The third-order valence-electron chi connectivity index (χ3n) is 4.65. The summed E-state index contributed by atoms with van der Waals surface area (Å²) in [6, 6.07) is 9.36. The van der Waals surface area contributed by atoms with E-state index in [2.05, 4.69) is 10.6 Å². The third kappa shape index (κ3) is 3.98. The molecule has 1 heterocycles. The molecular weight excluding hydrogens is 363 g/mol. The molecule has 2 aromatic rings. The van der Waals surface area contributed by atoms with Gasteiger partial charge in [-0.05, 0) is 36.2 Å². The predicted octanol–water partition coefficient (Wildman–Crippen LogP) is 3.28. The molecule has 7 heteroatoms. The zero-order valence-electron chi connectivity index (χ0n) is 15.8. The summed E-state index contributed by atoms with van der Waals surface area (Å²) in [5.41, 5.74) is 2.26. The van der Waals surface area contributed by atoms with E-state index in [1.807, 2.05) is 6.92 Å². The van der Waals surface area contributed by atoms with Gasteiger partial charge >= 0.3 is 0 Å². The summed E-state index contributed by atoms with van der Waals surface area (Å²) in [6.07, 6.45) is 1.44. The number of halogens is 1. The van der Waals surface area contributed by atoms with Crippen molar-refractivity contribution in [1.82, 2.24) is 5.32 Å². The predicted molar refractivity (Wildman–Crippen MR) is 103 cm³/mol. The van der Waals surface area contributed by atoms with E-state index in [4.69, 9.17) is 9.47 Å². The van der Waals surface area contributed by atoms with Gasteiger partial charge in [-0.2, -0.15) is 0 Å². The molecule has 1 aliphatic heterocycles. The average molecular weight is 384 g/mol.